The number of hydrogen-bond acceptors (Lipinski definition) is 3. The van der Waals surface area contributed by atoms with E-state index in [4.69, 9.17) is 4.74 Å². The Labute approximate surface area is 123 Å². The maximum Gasteiger partial charge on any atom is 0.0668 e. The van der Waals surface area contributed by atoms with E-state index in [0.717, 1.165) is 32.8 Å². The van der Waals surface area contributed by atoms with Crippen LogP contribution in [-0.2, 0) is 11.3 Å². The lowest BCUT2D eigenvalue weighted by molar-refractivity contribution is 0.0989. The average Bonchev–Trinajstić information content (AvgIpc) is 2.40. The van der Waals surface area contributed by atoms with Gasteiger partial charge in [-0.3, -0.25) is 0 Å². The second-order valence-electron chi connectivity index (χ2n) is 6.26. The SMILES string of the molecule is Cc1cc(CNCC(C)C)ccc1N1CCOCC1C. The van der Waals surface area contributed by atoms with Gasteiger partial charge in [0.1, 0.15) is 0 Å². The van der Waals surface area contributed by atoms with E-state index < -0.39 is 0 Å². The van der Waals surface area contributed by atoms with Crippen molar-refractivity contribution in [2.24, 2.45) is 5.92 Å². The second-order valence-corrected chi connectivity index (χ2v) is 6.26. The van der Waals surface area contributed by atoms with Crippen molar-refractivity contribution >= 4 is 5.69 Å². The minimum atomic E-state index is 0.465. The Hall–Kier alpha value is -1.06. The number of anilines is 1. The largest absolute Gasteiger partial charge is 0.377 e. The third-order valence-electron chi connectivity index (χ3n) is 3.82. The molecule has 0 amide bonds. The van der Waals surface area contributed by atoms with E-state index in [-0.39, 0.29) is 0 Å². The van der Waals surface area contributed by atoms with E-state index in [1.54, 1.807) is 0 Å². The van der Waals surface area contributed by atoms with Crippen molar-refractivity contribution in [2.45, 2.75) is 40.3 Å². The summed E-state index contributed by atoms with van der Waals surface area (Å²) in [6.45, 7) is 13.6. The van der Waals surface area contributed by atoms with Crippen molar-refractivity contribution in [1.82, 2.24) is 5.32 Å². The maximum atomic E-state index is 5.52. The molecule has 1 aromatic rings. The molecule has 0 radical (unpaired) electrons. The summed E-state index contributed by atoms with van der Waals surface area (Å²) in [5.74, 6) is 0.699. The van der Waals surface area contributed by atoms with Gasteiger partial charge in [0.25, 0.3) is 0 Å². The third-order valence-corrected chi connectivity index (χ3v) is 3.82. The molecule has 1 fully saturated rings. The number of rotatable bonds is 5. The Balaban J connectivity index is 2.01. The van der Waals surface area contributed by atoms with Gasteiger partial charge in [-0.05, 0) is 43.5 Å². The smallest absolute Gasteiger partial charge is 0.0668 e. The monoisotopic (exact) mass is 276 g/mol. The number of ether oxygens (including phenoxy) is 1. The van der Waals surface area contributed by atoms with E-state index in [2.05, 4.69) is 56.1 Å². The lowest BCUT2D eigenvalue weighted by Gasteiger charge is -2.36. The predicted molar refractivity (Wildman–Crippen MR) is 85.4 cm³/mol. The van der Waals surface area contributed by atoms with Crippen LogP contribution in [-0.4, -0.2) is 32.3 Å². The standard InChI is InChI=1S/C17H28N2O/c1-13(2)10-18-11-16-5-6-17(14(3)9-16)19-7-8-20-12-15(19)4/h5-6,9,13,15,18H,7-8,10-12H2,1-4H3. The molecule has 0 aliphatic carbocycles. The second kappa shape index (κ2) is 7.09. The fourth-order valence-corrected chi connectivity index (χ4v) is 2.74. The van der Waals surface area contributed by atoms with Crippen LogP contribution in [0.15, 0.2) is 18.2 Å². The maximum absolute atomic E-state index is 5.52. The lowest BCUT2D eigenvalue weighted by atomic mass is 10.1. The molecule has 1 aliphatic heterocycles. The van der Waals surface area contributed by atoms with Crippen LogP contribution < -0.4 is 10.2 Å². The Morgan fingerprint density at radius 1 is 1.40 bits per heavy atom. The van der Waals surface area contributed by atoms with Crippen LogP contribution in [0.3, 0.4) is 0 Å². The fourth-order valence-electron chi connectivity index (χ4n) is 2.74. The summed E-state index contributed by atoms with van der Waals surface area (Å²) < 4.78 is 5.52. The van der Waals surface area contributed by atoms with Gasteiger partial charge in [0.2, 0.25) is 0 Å². The molecule has 20 heavy (non-hydrogen) atoms. The zero-order valence-electron chi connectivity index (χ0n) is 13.3. The summed E-state index contributed by atoms with van der Waals surface area (Å²) >= 11 is 0. The van der Waals surface area contributed by atoms with Gasteiger partial charge < -0.3 is 15.0 Å². The van der Waals surface area contributed by atoms with Crippen molar-refractivity contribution in [3.8, 4) is 0 Å². The molecule has 0 bridgehead atoms. The highest BCUT2D eigenvalue weighted by Crippen LogP contribution is 2.24. The average molecular weight is 276 g/mol. The van der Waals surface area contributed by atoms with E-state index in [9.17, 15) is 0 Å². The highest BCUT2D eigenvalue weighted by Gasteiger charge is 2.20. The van der Waals surface area contributed by atoms with Gasteiger partial charge in [0.05, 0.1) is 13.2 Å². The summed E-state index contributed by atoms with van der Waals surface area (Å²) in [5.41, 5.74) is 4.09. The Morgan fingerprint density at radius 3 is 2.85 bits per heavy atom. The quantitative estimate of drug-likeness (QED) is 0.895. The highest BCUT2D eigenvalue weighted by atomic mass is 16.5. The molecule has 3 heteroatoms. The molecule has 1 aromatic carbocycles. The van der Waals surface area contributed by atoms with Crippen molar-refractivity contribution in [1.29, 1.82) is 0 Å². The van der Waals surface area contributed by atoms with Gasteiger partial charge in [-0.2, -0.15) is 0 Å². The normalized spacial score (nSPS) is 19.6. The van der Waals surface area contributed by atoms with Crippen molar-refractivity contribution < 1.29 is 4.74 Å². The summed E-state index contributed by atoms with van der Waals surface area (Å²) in [6.07, 6.45) is 0. The molecule has 1 atom stereocenters. The number of aryl methyl sites for hydroxylation is 1. The number of morpholine rings is 1. The van der Waals surface area contributed by atoms with Crippen molar-refractivity contribution in [3.63, 3.8) is 0 Å². The summed E-state index contributed by atoms with van der Waals surface area (Å²) in [4.78, 5) is 2.46. The summed E-state index contributed by atoms with van der Waals surface area (Å²) in [7, 11) is 0. The van der Waals surface area contributed by atoms with Crippen LogP contribution >= 0.6 is 0 Å². The minimum absolute atomic E-state index is 0.465. The Bertz CT molecular complexity index is 431. The van der Waals surface area contributed by atoms with Gasteiger partial charge >= 0.3 is 0 Å². The van der Waals surface area contributed by atoms with Crippen LogP contribution in [0.4, 0.5) is 5.69 Å². The first-order chi connectivity index (χ1) is 9.58. The molecule has 1 aliphatic rings. The van der Waals surface area contributed by atoms with E-state index in [0.29, 0.717) is 12.0 Å². The first kappa shape index (κ1) is 15.3. The summed E-state index contributed by atoms with van der Waals surface area (Å²) in [6, 6.07) is 7.29. The number of benzene rings is 1. The molecular formula is C17H28N2O. The van der Waals surface area contributed by atoms with Gasteiger partial charge in [-0.25, -0.2) is 0 Å². The van der Waals surface area contributed by atoms with Gasteiger partial charge in [0.15, 0.2) is 0 Å². The number of nitrogens with one attached hydrogen (secondary N) is 1. The molecule has 112 valence electrons. The topological polar surface area (TPSA) is 24.5 Å². The molecule has 1 N–H and O–H groups in total. The first-order valence-corrected chi connectivity index (χ1v) is 7.72. The molecule has 1 saturated heterocycles. The van der Waals surface area contributed by atoms with Crippen molar-refractivity contribution in [2.75, 3.05) is 31.2 Å². The third kappa shape index (κ3) is 3.97. The molecule has 0 saturated carbocycles. The van der Waals surface area contributed by atoms with Crippen molar-refractivity contribution in [3.05, 3.63) is 29.3 Å². The lowest BCUT2D eigenvalue weighted by Crippen LogP contribution is -2.44. The molecule has 3 nitrogen and oxygen atoms in total. The zero-order chi connectivity index (χ0) is 14.5. The van der Waals surface area contributed by atoms with E-state index in [1.807, 2.05) is 0 Å². The van der Waals surface area contributed by atoms with Gasteiger partial charge in [0, 0.05) is 24.8 Å². The first-order valence-electron chi connectivity index (χ1n) is 7.72. The summed E-state index contributed by atoms with van der Waals surface area (Å²) in [5, 5.41) is 3.50. The fraction of sp³-hybridized carbons (Fsp3) is 0.647. The van der Waals surface area contributed by atoms with Gasteiger partial charge in [-0.15, -0.1) is 0 Å². The van der Waals surface area contributed by atoms with Crippen LogP contribution in [0.2, 0.25) is 0 Å². The van der Waals surface area contributed by atoms with Gasteiger partial charge in [-0.1, -0.05) is 26.0 Å². The molecular weight excluding hydrogens is 248 g/mol. The molecule has 1 heterocycles. The Kier molecular flexibility index (Phi) is 5.44. The molecule has 2 rings (SSSR count). The molecule has 0 aromatic heterocycles. The Morgan fingerprint density at radius 2 is 2.20 bits per heavy atom. The molecule has 1 unspecified atom stereocenters. The number of nitrogens with zero attached hydrogens (tertiary/aromatic N) is 1. The minimum Gasteiger partial charge on any atom is -0.377 e. The van der Waals surface area contributed by atoms with Crippen LogP contribution in [0.1, 0.15) is 31.9 Å². The van der Waals surface area contributed by atoms with Crippen LogP contribution in [0.5, 0.6) is 0 Å². The zero-order valence-corrected chi connectivity index (χ0v) is 13.3. The predicted octanol–water partition coefficient (Wildman–Crippen LogP) is 2.97. The molecule has 0 spiro atoms. The van der Waals surface area contributed by atoms with E-state index >= 15 is 0 Å². The van der Waals surface area contributed by atoms with Crippen LogP contribution in [0.25, 0.3) is 0 Å². The number of hydrogen-bond donors (Lipinski definition) is 1. The highest BCUT2D eigenvalue weighted by molar-refractivity contribution is 5.55. The van der Waals surface area contributed by atoms with Crippen LogP contribution in [0, 0.1) is 12.8 Å². The van der Waals surface area contributed by atoms with E-state index in [1.165, 1.54) is 16.8 Å².